The van der Waals surface area contributed by atoms with Gasteiger partial charge in [0, 0.05) is 45.1 Å². The molecule has 662 valence electrons. The van der Waals surface area contributed by atoms with Gasteiger partial charge in [0.15, 0.2) is 0 Å². The van der Waals surface area contributed by atoms with Crippen molar-refractivity contribution in [2.45, 2.75) is 222 Å². The van der Waals surface area contributed by atoms with Gasteiger partial charge in [0.1, 0.15) is 90.0 Å². The Morgan fingerprint density at radius 2 is 0.727 bits per heavy atom. The second kappa shape index (κ2) is 49.1. The number of phenols is 2. The van der Waals surface area contributed by atoms with Crippen LogP contribution in [0.4, 0.5) is 0 Å². The highest BCUT2D eigenvalue weighted by Crippen LogP contribution is 2.23. The van der Waals surface area contributed by atoms with E-state index in [0.29, 0.717) is 11.1 Å². The van der Waals surface area contributed by atoms with Crippen LogP contribution < -0.4 is 75.3 Å². The zero-order valence-electron chi connectivity index (χ0n) is 66.8. The molecule has 1 saturated heterocycles. The first-order valence-electron chi connectivity index (χ1n) is 38.4. The van der Waals surface area contributed by atoms with Gasteiger partial charge in [-0.15, -0.1) is 0 Å². The van der Waals surface area contributed by atoms with Gasteiger partial charge in [-0.2, -0.15) is 0 Å². The van der Waals surface area contributed by atoms with Crippen molar-refractivity contribution in [3.05, 3.63) is 95.6 Å². The fourth-order valence-electron chi connectivity index (χ4n) is 12.5. The summed E-state index contributed by atoms with van der Waals surface area (Å²) < 4.78 is 0. The van der Waals surface area contributed by atoms with Crippen LogP contribution in [-0.2, 0) is 115 Å². The molecule has 44 nitrogen and oxygen atoms in total. The number of carbonyl (C=O) groups is 20. The summed E-state index contributed by atoms with van der Waals surface area (Å²) in [6.07, 6.45) is -11.5. The standard InChI is InChI=1S/C77H105N15O29/c1-37(2)28-48(68(111)88-54(35-63(106)107)73(116)91-64(39(5)93)75(118)82-46(22-25-60(100)101)66(109)85-51(31-42-15-19-44(95)20-16-42)70(113)90-55(77(120)121)32-40-10-7-6-8-11-40)84-69(112)50(30-41-13-17-43(94)18-14-41)86-71(114)52(33-57(79)96)87-65(108)45(21-24-59(98)99)81-67(110)49(29-38(3)4)89-74(117)56-12-9-27-92(56)76(119)47(23-26-61(102)103)83-72(115)53(34-62(104)105)80-58(97)36-78/h6-8,10-11,13-20,37-39,45-56,64,93-95H,9,12,21-36,78H2,1-5H3,(H2,79,96)(H,80,97)(H,81,110)(H,82,118)(H,83,115)(H,84,112)(H,85,109)(H,86,114)(H,87,108)(H,88,111)(H,89,117)(H,90,113)(H,91,116)(H,98,99)(H,100,101)(H,102,103)(H,104,105)(H,106,107)(H,120,121). The molecule has 0 spiro atoms. The molecule has 14 unspecified atom stereocenters. The minimum Gasteiger partial charge on any atom is -0.508 e. The minimum atomic E-state index is -2.21. The third-order valence-electron chi connectivity index (χ3n) is 18.6. The summed E-state index contributed by atoms with van der Waals surface area (Å²) in [5, 5.41) is 117. The minimum absolute atomic E-state index is 0.0801. The third kappa shape index (κ3) is 35.4. The highest BCUT2D eigenvalue weighted by molar-refractivity contribution is 6.02. The maximum atomic E-state index is 14.8. The number of nitrogens with two attached hydrogens (primary N) is 2. The summed E-state index contributed by atoms with van der Waals surface area (Å²) in [7, 11) is 0. The number of aliphatic hydroxyl groups excluding tert-OH is 1. The average molecular weight is 1700 g/mol. The number of hydrogen-bond donors (Lipinski definition) is 23. The molecular weight excluding hydrogens is 1600 g/mol. The van der Waals surface area contributed by atoms with Crippen molar-refractivity contribution < 1.29 is 142 Å². The number of primary amides is 1. The predicted octanol–water partition coefficient (Wildman–Crippen LogP) is -5.13. The van der Waals surface area contributed by atoms with Crippen LogP contribution in [0.3, 0.4) is 0 Å². The van der Waals surface area contributed by atoms with E-state index in [1.807, 2.05) is 0 Å². The van der Waals surface area contributed by atoms with Crippen molar-refractivity contribution in [3.8, 4) is 11.5 Å². The van der Waals surface area contributed by atoms with Crippen LogP contribution in [0.5, 0.6) is 11.5 Å². The van der Waals surface area contributed by atoms with Crippen molar-refractivity contribution in [1.82, 2.24) is 68.7 Å². The maximum Gasteiger partial charge on any atom is 0.326 e. The topological polar surface area (TPSA) is 723 Å². The molecule has 0 radical (unpaired) electrons. The van der Waals surface area contributed by atoms with E-state index in [4.69, 9.17) is 11.5 Å². The number of likely N-dealkylation sites (tertiary alicyclic amines) is 1. The van der Waals surface area contributed by atoms with Crippen LogP contribution in [0.15, 0.2) is 78.9 Å². The van der Waals surface area contributed by atoms with Gasteiger partial charge in [-0.05, 0) is 105 Å². The molecular formula is C77H105N15O29. The molecule has 1 aliphatic heterocycles. The normalized spacial score (nSPS) is 15.5. The molecule has 0 aromatic heterocycles. The van der Waals surface area contributed by atoms with Gasteiger partial charge >= 0.3 is 35.8 Å². The largest absolute Gasteiger partial charge is 0.508 e. The Balaban J connectivity index is 1.63. The molecule has 121 heavy (non-hydrogen) atoms. The number of rotatable bonds is 52. The molecule has 44 heteroatoms. The fraction of sp³-hybridized carbons (Fsp3) is 0.506. The van der Waals surface area contributed by atoms with Crippen molar-refractivity contribution >= 4 is 119 Å². The lowest BCUT2D eigenvalue weighted by Gasteiger charge is -2.31. The second-order valence-electron chi connectivity index (χ2n) is 29.5. The zero-order valence-corrected chi connectivity index (χ0v) is 66.8. The quantitative estimate of drug-likeness (QED) is 0.0251. The van der Waals surface area contributed by atoms with Crippen LogP contribution >= 0.6 is 0 Å². The first-order valence-corrected chi connectivity index (χ1v) is 38.4. The lowest BCUT2D eigenvalue weighted by molar-refractivity contribution is -0.144. The molecule has 25 N–H and O–H groups in total. The number of carboxylic acid groups (broad SMARTS) is 6. The molecule has 1 fully saturated rings. The fourth-order valence-corrected chi connectivity index (χ4v) is 12.5. The number of phenolic OH excluding ortho intramolecular Hbond substituents is 2. The molecule has 1 aliphatic rings. The first-order chi connectivity index (χ1) is 56.8. The van der Waals surface area contributed by atoms with E-state index >= 15 is 0 Å². The summed E-state index contributed by atoms with van der Waals surface area (Å²) >= 11 is 0. The van der Waals surface area contributed by atoms with Crippen LogP contribution in [0, 0.1) is 11.8 Å². The number of aliphatic hydroxyl groups is 1. The summed E-state index contributed by atoms with van der Waals surface area (Å²) in [5.41, 5.74) is 11.9. The molecule has 0 bridgehead atoms. The molecule has 3 aromatic carbocycles. The number of nitrogens with one attached hydrogen (secondary N) is 12. The zero-order chi connectivity index (χ0) is 90.7. The van der Waals surface area contributed by atoms with E-state index in [-0.39, 0.29) is 62.1 Å². The summed E-state index contributed by atoms with van der Waals surface area (Å²) in [6.45, 7) is 6.45. The van der Waals surface area contributed by atoms with Gasteiger partial charge in [0.2, 0.25) is 82.7 Å². The van der Waals surface area contributed by atoms with E-state index < -0.39 is 286 Å². The Morgan fingerprint density at radius 1 is 0.388 bits per heavy atom. The van der Waals surface area contributed by atoms with Gasteiger partial charge in [-0.25, -0.2) is 4.79 Å². The number of carbonyl (C=O) groups excluding carboxylic acids is 14. The second-order valence-corrected chi connectivity index (χ2v) is 29.5. The summed E-state index contributed by atoms with van der Waals surface area (Å²) in [5.74, 6) is -27.9. The Bertz CT molecular complexity index is 4210. The Labute approximate surface area is 691 Å². The Kier molecular flexibility index (Phi) is 40.5. The number of nitrogens with zero attached hydrogens (tertiary/aromatic N) is 1. The summed E-state index contributed by atoms with van der Waals surface area (Å²) in [6, 6.07) is -5.60. The van der Waals surface area contributed by atoms with E-state index in [2.05, 4.69) is 63.8 Å². The van der Waals surface area contributed by atoms with Crippen LogP contribution in [0.25, 0.3) is 0 Å². The van der Waals surface area contributed by atoms with Gasteiger partial charge in [0.25, 0.3) is 0 Å². The van der Waals surface area contributed by atoms with Gasteiger partial charge in [-0.1, -0.05) is 82.3 Å². The van der Waals surface area contributed by atoms with Crippen molar-refractivity contribution in [3.63, 3.8) is 0 Å². The van der Waals surface area contributed by atoms with Crippen molar-refractivity contribution in [1.29, 1.82) is 0 Å². The maximum absolute atomic E-state index is 14.8. The van der Waals surface area contributed by atoms with E-state index in [9.17, 15) is 142 Å². The van der Waals surface area contributed by atoms with Crippen LogP contribution in [0.2, 0.25) is 0 Å². The molecule has 14 atom stereocenters. The SMILES string of the molecule is CC(C)CC(NC(=O)C(Cc1ccc(O)cc1)NC(=O)C(CC(N)=O)NC(=O)C(CCC(=O)O)NC(=O)C(CC(C)C)NC(=O)C1CCCN1C(=O)C(CCC(=O)O)NC(=O)C(CC(=O)O)NC(=O)CN)C(=O)NC(CC(=O)O)C(=O)NC(C(=O)NC(CCC(=O)O)C(=O)NC(Cc1ccc(O)cc1)C(=O)NC(Cc1ccccc1)C(=O)O)C(C)O. The van der Waals surface area contributed by atoms with Crippen LogP contribution in [-0.4, -0.2) is 267 Å². The number of benzene rings is 3. The van der Waals surface area contributed by atoms with Crippen LogP contribution in [0.1, 0.15) is 135 Å². The predicted molar refractivity (Wildman–Crippen MR) is 418 cm³/mol. The number of amides is 14. The molecule has 1 heterocycles. The van der Waals surface area contributed by atoms with E-state index in [1.165, 1.54) is 48.5 Å². The number of hydrogen-bond acceptors (Lipinski definition) is 24. The number of aromatic hydroxyl groups is 2. The van der Waals surface area contributed by atoms with Gasteiger partial charge in [-0.3, -0.25) is 91.1 Å². The van der Waals surface area contributed by atoms with Gasteiger partial charge < -0.3 is 126 Å². The molecule has 0 saturated carbocycles. The monoisotopic (exact) mass is 1700 g/mol. The molecule has 14 amide bonds. The molecule has 3 aromatic rings. The van der Waals surface area contributed by atoms with E-state index in [0.717, 1.165) is 11.8 Å². The highest BCUT2D eigenvalue weighted by atomic mass is 16.4. The van der Waals surface area contributed by atoms with E-state index in [1.54, 1.807) is 58.0 Å². The lowest BCUT2D eigenvalue weighted by Crippen LogP contribution is -2.62. The molecule has 4 rings (SSSR count). The smallest absolute Gasteiger partial charge is 0.326 e. The van der Waals surface area contributed by atoms with Gasteiger partial charge in [0.05, 0.1) is 31.9 Å². The first kappa shape index (κ1) is 99.9. The highest BCUT2D eigenvalue weighted by Gasteiger charge is 2.43. The molecule has 0 aliphatic carbocycles. The lowest BCUT2D eigenvalue weighted by atomic mass is 10.00. The van der Waals surface area contributed by atoms with Crippen molar-refractivity contribution in [2.24, 2.45) is 23.3 Å². The summed E-state index contributed by atoms with van der Waals surface area (Å²) in [4.78, 5) is 270. The Morgan fingerprint density at radius 3 is 1.14 bits per heavy atom. The van der Waals surface area contributed by atoms with Crippen molar-refractivity contribution in [2.75, 3.05) is 13.1 Å². The number of carboxylic acids is 6. The third-order valence-corrected chi connectivity index (χ3v) is 18.6. The number of aliphatic carboxylic acids is 6. The Hall–Kier alpha value is -13.4. The average Bonchev–Trinajstić information content (AvgIpc) is 1.66.